The molecule has 2 heterocycles. The zero-order valence-electron chi connectivity index (χ0n) is 10.9. The summed E-state index contributed by atoms with van der Waals surface area (Å²) in [6.45, 7) is 1.72. The molecule has 0 aliphatic heterocycles. The molecule has 0 radical (unpaired) electrons. The highest BCUT2D eigenvalue weighted by atomic mass is 79.9. The molecule has 0 saturated carbocycles. The Kier molecular flexibility index (Phi) is 3.60. The highest BCUT2D eigenvalue weighted by molar-refractivity contribution is 9.10. The summed E-state index contributed by atoms with van der Waals surface area (Å²) in [4.78, 5) is 17.4. The van der Waals surface area contributed by atoms with Gasteiger partial charge in [-0.25, -0.2) is 4.98 Å². The third-order valence-corrected chi connectivity index (χ3v) is 4.24. The number of benzene rings is 1. The second-order valence-electron chi connectivity index (χ2n) is 4.36. The molecule has 3 aromatic rings. The smallest absolute Gasteiger partial charge is 0.282 e. The van der Waals surface area contributed by atoms with Crippen molar-refractivity contribution in [2.24, 2.45) is 5.10 Å². The molecule has 21 heavy (non-hydrogen) atoms. The molecular formula is C14H10BrN3O2S. The predicted octanol–water partition coefficient (Wildman–Crippen LogP) is 3.12. The van der Waals surface area contributed by atoms with Gasteiger partial charge in [-0.1, -0.05) is 15.9 Å². The van der Waals surface area contributed by atoms with Crippen LogP contribution in [0.3, 0.4) is 0 Å². The van der Waals surface area contributed by atoms with Crippen molar-refractivity contribution in [2.45, 2.75) is 6.92 Å². The number of thiophene rings is 1. The number of rotatable bonds is 2. The van der Waals surface area contributed by atoms with Crippen molar-refractivity contribution in [1.29, 1.82) is 0 Å². The number of halogens is 1. The maximum Gasteiger partial charge on any atom is 0.282 e. The van der Waals surface area contributed by atoms with Gasteiger partial charge in [-0.2, -0.15) is 9.78 Å². The third kappa shape index (κ3) is 2.62. The van der Waals surface area contributed by atoms with Gasteiger partial charge in [0.25, 0.3) is 5.56 Å². The molecule has 0 saturated heterocycles. The van der Waals surface area contributed by atoms with Gasteiger partial charge in [-0.05, 0) is 36.6 Å². The summed E-state index contributed by atoms with van der Waals surface area (Å²) in [5.41, 5.74) is 0.297. The molecule has 0 fully saturated rings. The molecule has 0 aliphatic rings. The highest BCUT2D eigenvalue weighted by Gasteiger charge is 2.08. The zero-order chi connectivity index (χ0) is 15.0. The van der Waals surface area contributed by atoms with Crippen molar-refractivity contribution in [3.05, 3.63) is 55.9 Å². The fourth-order valence-electron chi connectivity index (χ4n) is 1.89. The van der Waals surface area contributed by atoms with Crippen molar-refractivity contribution in [3.63, 3.8) is 0 Å². The first kappa shape index (κ1) is 14.0. The van der Waals surface area contributed by atoms with Gasteiger partial charge in [-0.15, -0.1) is 11.3 Å². The number of aromatic nitrogens is 2. The molecular weight excluding hydrogens is 354 g/mol. The maximum atomic E-state index is 12.3. The van der Waals surface area contributed by atoms with Crippen LogP contribution >= 0.6 is 27.3 Å². The lowest BCUT2D eigenvalue weighted by Crippen LogP contribution is -2.19. The molecule has 0 amide bonds. The molecule has 1 N–H and O–H groups in total. The van der Waals surface area contributed by atoms with Crippen LogP contribution in [0.5, 0.6) is 5.75 Å². The Morgan fingerprint density at radius 1 is 1.43 bits per heavy atom. The van der Waals surface area contributed by atoms with Gasteiger partial charge >= 0.3 is 0 Å². The largest absolute Gasteiger partial charge is 0.507 e. The van der Waals surface area contributed by atoms with Crippen LogP contribution in [0.4, 0.5) is 0 Å². The van der Waals surface area contributed by atoms with Crippen LogP contribution in [0.1, 0.15) is 11.4 Å². The van der Waals surface area contributed by atoms with Gasteiger partial charge in [0.1, 0.15) is 16.4 Å². The summed E-state index contributed by atoms with van der Waals surface area (Å²) in [6, 6.07) is 6.73. The van der Waals surface area contributed by atoms with E-state index in [1.807, 2.05) is 5.38 Å². The van der Waals surface area contributed by atoms with Crippen LogP contribution < -0.4 is 5.56 Å². The van der Waals surface area contributed by atoms with E-state index in [1.54, 1.807) is 31.2 Å². The summed E-state index contributed by atoms with van der Waals surface area (Å²) >= 11 is 4.75. The van der Waals surface area contributed by atoms with E-state index in [0.717, 1.165) is 4.47 Å². The first-order chi connectivity index (χ1) is 10.1. The van der Waals surface area contributed by atoms with E-state index >= 15 is 0 Å². The number of hydrogen-bond acceptors (Lipinski definition) is 5. The molecule has 0 spiro atoms. The minimum absolute atomic E-state index is 0.0947. The molecule has 0 aliphatic carbocycles. The number of aryl methyl sites for hydroxylation is 1. The van der Waals surface area contributed by atoms with E-state index in [1.165, 1.54) is 22.2 Å². The summed E-state index contributed by atoms with van der Waals surface area (Å²) in [5, 5.41) is 16.3. The predicted molar refractivity (Wildman–Crippen MR) is 87.4 cm³/mol. The summed E-state index contributed by atoms with van der Waals surface area (Å²) in [6.07, 6.45) is 1.44. The van der Waals surface area contributed by atoms with E-state index in [4.69, 9.17) is 0 Å². The number of hydrogen-bond donors (Lipinski definition) is 1. The van der Waals surface area contributed by atoms with E-state index in [9.17, 15) is 9.90 Å². The molecule has 2 aromatic heterocycles. The topological polar surface area (TPSA) is 67.5 Å². The Balaban J connectivity index is 2.11. The lowest BCUT2D eigenvalue weighted by Gasteiger charge is -2.03. The first-order valence-electron chi connectivity index (χ1n) is 6.06. The van der Waals surface area contributed by atoms with Crippen molar-refractivity contribution in [1.82, 2.24) is 9.66 Å². The Bertz CT molecular complexity index is 914. The first-order valence-corrected chi connectivity index (χ1v) is 7.73. The van der Waals surface area contributed by atoms with Gasteiger partial charge in [0.05, 0.1) is 11.6 Å². The Morgan fingerprint density at radius 2 is 2.24 bits per heavy atom. The van der Waals surface area contributed by atoms with Crippen LogP contribution in [-0.4, -0.2) is 21.0 Å². The molecule has 0 bridgehead atoms. The lowest BCUT2D eigenvalue weighted by molar-refractivity contribution is 0.474. The van der Waals surface area contributed by atoms with Gasteiger partial charge in [0, 0.05) is 10.0 Å². The van der Waals surface area contributed by atoms with E-state index in [-0.39, 0.29) is 11.3 Å². The van der Waals surface area contributed by atoms with E-state index < -0.39 is 0 Å². The van der Waals surface area contributed by atoms with Gasteiger partial charge < -0.3 is 5.11 Å². The standard InChI is InChI=1S/C14H10BrN3O2S/c1-8-17-13-11(4-5-21-13)14(20)18(8)16-7-9-6-10(15)2-3-12(9)19/h2-7,19H,1H3/b16-7+. The fraction of sp³-hybridized carbons (Fsp3) is 0.0714. The van der Waals surface area contributed by atoms with Crippen molar-refractivity contribution < 1.29 is 5.11 Å². The number of fused-ring (bicyclic) bond motifs is 1. The van der Waals surface area contributed by atoms with Crippen LogP contribution in [0.2, 0.25) is 0 Å². The normalized spacial score (nSPS) is 11.5. The second-order valence-corrected chi connectivity index (χ2v) is 6.17. The maximum absolute atomic E-state index is 12.3. The summed E-state index contributed by atoms with van der Waals surface area (Å²) < 4.78 is 2.05. The minimum atomic E-state index is -0.218. The Labute approximate surface area is 132 Å². The van der Waals surface area contributed by atoms with Crippen LogP contribution in [0, 0.1) is 6.92 Å². The molecule has 0 atom stereocenters. The second kappa shape index (κ2) is 5.42. The SMILES string of the molecule is Cc1nc2sccc2c(=O)n1/N=C/c1cc(Br)ccc1O. The molecule has 3 rings (SSSR count). The average Bonchev–Trinajstić information content (AvgIpc) is 2.90. The van der Waals surface area contributed by atoms with Crippen molar-refractivity contribution in [3.8, 4) is 5.75 Å². The molecule has 1 aromatic carbocycles. The minimum Gasteiger partial charge on any atom is -0.507 e. The van der Waals surface area contributed by atoms with E-state index in [2.05, 4.69) is 26.0 Å². The van der Waals surface area contributed by atoms with Gasteiger partial charge in [-0.3, -0.25) is 4.79 Å². The lowest BCUT2D eigenvalue weighted by atomic mass is 10.2. The summed E-state index contributed by atoms with van der Waals surface area (Å²) in [5.74, 6) is 0.595. The van der Waals surface area contributed by atoms with Crippen LogP contribution in [0.15, 0.2) is 44.0 Å². The summed E-state index contributed by atoms with van der Waals surface area (Å²) in [7, 11) is 0. The van der Waals surface area contributed by atoms with E-state index in [0.29, 0.717) is 21.6 Å². The Hall–Kier alpha value is -1.99. The molecule has 0 unspecified atom stereocenters. The van der Waals surface area contributed by atoms with Crippen LogP contribution in [-0.2, 0) is 0 Å². The quantitative estimate of drug-likeness (QED) is 0.711. The van der Waals surface area contributed by atoms with Gasteiger partial charge in [0.15, 0.2) is 0 Å². The zero-order valence-corrected chi connectivity index (χ0v) is 13.3. The monoisotopic (exact) mass is 363 g/mol. The number of phenolic OH excluding ortho intramolecular Hbond substituents is 1. The third-order valence-electron chi connectivity index (χ3n) is 2.94. The fourth-order valence-corrected chi connectivity index (χ4v) is 3.07. The average molecular weight is 364 g/mol. The molecule has 106 valence electrons. The molecule has 5 nitrogen and oxygen atoms in total. The van der Waals surface area contributed by atoms with Gasteiger partial charge in [0.2, 0.25) is 0 Å². The number of nitrogens with zero attached hydrogens (tertiary/aromatic N) is 3. The Morgan fingerprint density at radius 3 is 3.05 bits per heavy atom. The number of aromatic hydroxyl groups is 1. The highest BCUT2D eigenvalue weighted by Crippen LogP contribution is 2.20. The van der Waals surface area contributed by atoms with Crippen LogP contribution in [0.25, 0.3) is 10.2 Å². The molecule has 7 heteroatoms. The number of phenols is 1. The van der Waals surface area contributed by atoms with Crippen molar-refractivity contribution in [2.75, 3.05) is 0 Å². The van der Waals surface area contributed by atoms with Crippen molar-refractivity contribution >= 4 is 43.7 Å².